The van der Waals surface area contributed by atoms with Gasteiger partial charge in [-0.15, -0.1) is 0 Å². The number of hydrogen-bond donors (Lipinski definition) is 2. The van der Waals surface area contributed by atoms with Gasteiger partial charge in [0.15, 0.2) is 5.82 Å². The maximum absolute atomic E-state index is 12.5. The lowest BCUT2D eigenvalue weighted by molar-refractivity contribution is 0.0686. The third kappa shape index (κ3) is 2.49. The van der Waals surface area contributed by atoms with Gasteiger partial charge in [-0.3, -0.25) is 9.59 Å². The van der Waals surface area contributed by atoms with E-state index in [1.165, 1.54) is 0 Å². The minimum Gasteiger partial charge on any atom is -0.366 e. The highest BCUT2D eigenvalue weighted by Gasteiger charge is 2.24. The molecule has 0 bridgehead atoms. The summed E-state index contributed by atoms with van der Waals surface area (Å²) in [4.78, 5) is 33.0. The van der Waals surface area contributed by atoms with Crippen LogP contribution in [0.3, 0.4) is 0 Å². The molecule has 2 heterocycles. The summed E-state index contributed by atoms with van der Waals surface area (Å²) >= 11 is 0. The maximum atomic E-state index is 12.5. The zero-order valence-corrected chi connectivity index (χ0v) is 11.9. The van der Waals surface area contributed by atoms with E-state index in [-0.39, 0.29) is 11.7 Å². The van der Waals surface area contributed by atoms with Gasteiger partial charge in [-0.05, 0) is 30.9 Å². The number of rotatable bonds is 2. The van der Waals surface area contributed by atoms with Crippen LogP contribution in [0.25, 0.3) is 11.0 Å². The molecule has 0 radical (unpaired) electrons. The summed E-state index contributed by atoms with van der Waals surface area (Å²) in [6.45, 7) is 3.70. The van der Waals surface area contributed by atoms with E-state index < -0.39 is 5.91 Å². The van der Waals surface area contributed by atoms with Crippen molar-refractivity contribution in [3.63, 3.8) is 0 Å². The molecule has 2 aromatic rings. The molecule has 1 fully saturated rings. The molecule has 2 amide bonds. The fourth-order valence-corrected chi connectivity index (χ4v) is 2.69. The van der Waals surface area contributed by atoms with Crippen LogP contribution in [0, 0.1) is 5.92 Å². The molecule has 1 saturated heterocycles. The number of amides is 2. The molecular weight excluding hydrogens is 268 g/mol. The second-order valence-electron chi connectivity index (χ2n) is 5.63. The SMILES string of the molecule is CC1CCN(C(=O)c2nc3c(C(N)=O)cccc3[nH]2)CC1. The van der Waals surface area contributed by atoms with Crippen LogP contribution in [0.5, 0.6) is 0 Å². The number of fused-ring (bicyclic) bond motifs is 1. The molecule has 0 atom stereocenters. The number of imidazole rings is 1. The number of nitrogens with zero attached hydrogens (tertiary/aromatic N) is 2. The smallest absolute Gasteiger partial charge is 0.289 e. The van der Waals surface area contributed by atoms with E-state index in [2.05, 4.69) is 16.9 Å². The normalized spacial score (nSPS) is 16.3. The number of benzene rings is 1. The lowest BCUT2D eigenvalue weighted by atomic mass is 9.99. The van der Waals surface area contributed by atoms with Gasteiger partial charge in [0.2, 0.25) is 0 Å². The van der Waals surface area contributed by atoms with E-state index in [1.807, 2.05) is 4.90 Å². The largest absolute Gasteiger partial charge is 0.366 e. The quantitative estimate of drug-likeness (QED) is 0.877. The van der Waals surface area contributed by atoms with Crippen molar-refractivity contribution in [3.8, 4) is 0 Å². The predicted molar refractivity (Wildman–Crippen MR) is 78.9 cm³/mol. The summed E-state index contributed by atoms with van der Waals surface area (Å²) in [6.07, 6.45) is 2.02. The summed E-state index contributed by atoms with van der Waals surface area (Å²) in [5.41, 5.74) is 6.77. The van der Waals surface area contributed by atoms with Crippen molar-refractivity contribution in [2.24, 2.45) is 11.7 Å². The Morgan fingerprint density at radius 3 is 2.71 bits per heavy atom. The number of hydrogen-bond acceptors (Lipinski definition) is 3. The van der Waals surface area contributed by atoms with Crippen LogP contribution in [0.1, 0.15) is 40.7 Å². The zero-order valence-electron chi connectivity index (χ0n) is 11.9. The number of nitrogens with two attached hydrogens (primary N) is 1. The minimum absolute atomic E-state index is 0.117. The third-order valence-electron chi connectivity index (χ3n) is 4.05. The van der Waals surface area contributed by atoms with Crippen LogP contribution < -0.4 is 5.73 Å². The first-order valence-electron chi connectivity index (χ1n) is 7.14. The monoisotopic (exact) mass is 286 g/mol. The molecule has 0 aliphatic carbocycles. The molecule has 1 aromatic carbocycles. The van der Waals surface area contributed by atoms with E-state index in [1.54, 1.807) is 18.2 Å². The molecule has 0 saturated carbocycles. The van der Waals surface area contributed by atoms with Crippen molar-refractivity contribution in [2.45, 2.75) is 19.8 Å². The Hall–Kier alpha value is -2.37. The number of primary amides is 1. The number of nitrogens with one attached hydrogen (secondary N) is 1. The van der Waals surface area contributed by atoms with E-state index in [4.69, 9.17) is 5.73 Å². The summed E-state index contributed by atoms with van der Waals surface area (Å²) in [6, 6.07) is 5.11. The molecule has 3 N–H and O–H groups in total. The van der Waals surface area contributed by atoms with Crippen LogP contribution in [-0.4, -0.2) is 39.8 Å². The second kappa shape index (κ2) is 5.20. The Morgan fingerprint density at radius 2 is 2.05 bits per heavy atom. The summed E-state index contributed by atoms with van der Waals surface area (Å²) in [7, 11) is 0. The lowest BCUT2D eigenvalue weighted by Crippen LogP contribution is -2.38. The molecule has 6 heteroatoms. The number of piperidine rings is 1. The fourth-order valence-electron chi connectivity index (χ4n) is 2.69. The lowest BCUT2D eigenvalue weighted by Gasteiger charge is -2.29. The number of H-pyrrole nitrogens is 1. The second-order valence-corrected chi connectivity index (χ2v) is 5.63. The van der Waals surface area contributed by atoms with Gasteiger partial charge in [-0.25, -0.2) is 4.98 Å². The predicted octanol–water partition coefficient (Wildman–Crippen LogP) is 1.53. The van der Waals surface area contributed by atoms with E-state index in [0.717, 1.165) is 25.9 Å². The van der Waals surface area contributed by atoms with Crippen molar-refractivity contribution >= 4 is 22.8 Å². The van der Waals surface area contributed by atoms with Gasteiger partial charge in [0.1, 0.15) is 5.52 Å². The first kappa shape index (κ1) is 13.6. The fraction of sp³-hybridized carbons (Fsp3) is 0.400. The molecule has 0 unspecified atom stereocenters. The molecular formula is C15H18N4O2. The topological polar surface area (TPSA) is 92.1 Å². The molecule has 21 heavy (non-hydrogen) atoms. The standard InChI is InChI=1S/C15H18N4O2/c1-9-5-7-19(8-6-9)15(21)14-17-11-4-2-3-10(13(16)20)12(11)18-14/h2-4,9H,5-8H2,1H3,(H2,16,20)(H,17,18). The van der Waals surface area contributed by atoms with E-state index in [9.17, 15) is 9.59 Å². The Balaban J connectivity index is 1.92. The number of likely N-dealkylation sites (tertiary alicyclic amines) is 1. The Morgan fingerprint density at radius 1 is 1.33 bits per heavy atom. The summed E-state index contributed by atoms with van der Waals surface area (Å²) in [5.74, 6) is 0.269. The van der Waals surface area contributed by atoms with Crippen LogP contribution in [0.2, 0.25) is 0 Å². The number of carbonyl (C=O) groups is 2. The van der Waals surface area contributed by atoms with Gasteiger partial charge in [0, 0.05) is 13.1 Å². The van der Waals surface area contributed by atoms with Crippen molar-refractivity contribution in [1.82, 2.24) is 14.9 Å². The zero-order chi connectivity index (χ0) is 15.0. The molecule has 1 aliphatic heterocycles. The summed E-state index contributed by atoms with van der Waals surface area (Å²) in [5, 5.41) is 0. The van der Waals surface area contributed by atoms with Gasteiger partial charge < -0.3 is 15.6 Å². The Kier molecular flexibility index (Phi) is 3.37. The average Bonchev–Trinajstić information content (AvgIpc) is 2.90. The van der Waals surface area contributed by atoms with E-state index in [0.29, 0.717) is 22.5 Å². The first-order valence-corrected chi connectivity index (χ1v) is 7.14. The van der Waals surface area contributed by atoms with Gasteiger partial charge in [-0.1, -0.05) is 13.0 Å². The van der Waals surface area contributed by atoms with Crippen LogP contribution in [-0.2, 0) is 0 Å². The van der Waals surface area contributed by atoms with Crippen molar-refractivity contribution in [1.29, 1.82) is 0 Å². The summed E-state index contributed by atoms with van der Waals surface area (Å²) < 4.78 is 0. The highest BCUT2D eigenvalue weighted by atomic mass is 16.2. The van der Waals surface area contributed by atoms with E-state index >= 15 is 0 Å². The van der Waals surface area contributed by atoms with Crippen molar-refractivity contribution < 1.29 is 9.59 Å². The van der Waals surface area contributed by atoms with Crippen LogP contribution in [0.4, 0.5) is 0 Å². The molecule has 110 valence electrons. The number of para-hydroxylation sites is 1. The third-order valence-corrected chi connectivity index (χ3v) is 4.05. The Labute approximate surface area is 122 Å². The van der Waals surface area contributed by atoms with Gasteiger partial charge in [-0.2, -0.15) is 0 Å². The molecule has 3 rings (SSSR count). The molecule has 1 aliphatic rings. The average molecular weight is 286 g/mol. The Bertz CT molecular complexity index is 699. The first-order chi connectivity index (χ1) is 10.1. The van der Waals surface area contributed by atoms with Gasteiger partial charge in [0.25, 0.3) is 11.8 Å². The van der Waals surface area contributed by atoms with Crippen molar-refractivity contribution in [2.75, 3.05) is 13.1 Å². The van der Waals surface area contributed by atoms with Gasteiger partial charge >= 0.3 is 0 Å². The molecule has 6 nitrogen and oxygen atoms in total. The van der Waals surface area contributed by atoms with Crippen molar-refractivity contribution in [3.05, 3.63) is 29.6 Å². The maximum Gasteiger partial charge on any atom is 0.289 e. The molecule has 1 aromatic heterocycles. The number of aromatic amines is 1. The van der Waals surface area contributed by atoms with Crippen LogP contribution >= 0.6 is 0 Å². The highest BCUT2D eigenvalue weighted by Crippen LogP contribution is 2.20. The molecule has 0 spiro atoms. The van der Waals surface area contributed by atoms with Gasteiger partial charge in [0.05, 0.1) is 11.1 Å². The number of aromatic nitrogens is 2. The number of carbonyl (C=O) groups excluding carboxylic acids is 2. The highest BCUT2D eigenvalue weighted by molar-refractivity contribution is 6.05. The van der Waals surface area contributed by atoms with Crippen LogP contribution in [0.15, 0.2) is 18.2 Å². The minimum atomic E-state index is -0.544.